The molecule has 2 aromatic rings. The van der Waals surface area contributed by atoms with E-state index in [-0.39, 0.29) is 12.3 Å². The molecule has 0 spiro atoms. The van der Waals surface area contributed by atoms with Gasteiger partial charge in [-0.1, -0.05) is 12.1 Å². The van der Waals surface area contributed by atoms with E-state index in [1.165, 1.54) is 14.2 Å². The molecular weight excluding hydrogens is 310 g/mol. The summed E-state index contributed by atoms with van der Waals surface area (Å²) in [5.41, 5.74) is 1.37. The maximum atomic E-state index is 12.3. The van der Waals surface area contributed by atoms with Crippen molar-refractivity contribution in [3.63, 3.8) is 0 Å². The van der Waals surface area contributed by atoms with E-state index >= 15 is 0 Å². The van der Waals surface area contributed by atoms with Crippen molar-refractivity contribution in [3.05, 3.63) is 42.0 Å². The Labute approximate surface area is 141 Å². The number of ether oxygens (including phenoxy) is 4. The monoisotopic (exact) mass is 331 g/mol. The molecule has 2 aromatic carbocycles. The standard InChI is InChI=1S/C18H21NO5/c1-21-14-7-5-6-13(11-14)19-16(20)10-12-8-9-15(22-2)18(24-4)17(12)23-3/h5-9,11H,10H2,1-4H3,(H,19,20). The van der Waals surface area contributed by atoms with Crippen molar-refractivity contribution < 1.29 is 23.7 Å². The van der Waals surface area contributed by atoms with Gasteiger partial charge in [-0.3, -0.25) is 4.79 Å². The van der Waals surface area contributed by atoms with Gasteiger partial charge in [0.1, 0.15) is 5.75 Å². The van der Waals surface area contributed by atoms with Gasteiger partial charge in [0.25, 0.3) is 0 Å². The Morgan fingerprint density at radius 3 is 2.29 bits per heavy atom. The number of carbonyl (C=O) groups excluding carboxylic acids is 1. The summed E-state index contributed by atoms with van der Waals surface area (Å²) in [6.07, 6.45) is 0.140. The van der Waals surface area contributed by atoms with Crippen molar-refractivity contribution in [2.24, 2.45) is 0 Å². The predicted octanol–water partition coefficient (Wildman–Crippen LogP) is 2.90. The number of carbonyl (C=O) groups is 1. The number of hydrogen-bond donors (Lipinski definition) is 1. The molecule has 128 valence electrons. The van der Waals surface area contributed by atoms with Crippen LogP contribution in [0.4, 0.5) is 5.69 Å². The fourth-order valence-electron chi connectivity index (χ4n) is 2.38. The minimum atomic E-state index is -0.172. The van der Waals surface area contributed by atoms with Crippen LogP contribution in [0.2, 0.25) is 0 Å². The van der Waals surface area contributed by atoms with Gasteiger partial charge in [-0.2, -0.15) is 0 Å². The Morgan fingerprint density at radius 2 is 1.67 bits per heavy atom. The smallest absolute Gasteiger partial charge is 0.228 e. The van der Waals surface area contributed by atoms with Gasteiger partial charge in [0, 0.05) is 17.3 Å². The van der Waals surface area contributed by atoms with E-state index < -0.39 is 0 Å². The van der Waals surface area contributed by atoms with Crippen LogP contribution in [0.1, 0.15) is 5.56 Å². The minimum absolute atomic E-state index is 0.140. The van der Waals surface area contributed by atoms with Gasteiger partial charge in [0.15, 0.2) is 11.5 Å². The molecule has 0 unspecified atom stereocenters. The summed E-state index contributed by atoms with van der Waals surface area (Å²) in [5.74, 6) is 2.00. The topological polar surface area (TPSA) is 66.0 Å². The SMILES string of the molecule is COc1cccc(NC(=O)Cc2ccc(OC)c(OC)c2OC)c1. The number of nitrogens with one attached hydrogen (secondary N) is 1. The number of rotatable bonds is 7. The zero-order valence-corrected chi connectivity index (χ0v) is 14.2. The second-order valence-corrected chi connectivity index (χ2v) is 4.95. The summed E-state index contributed by atoms with van der Waals surface area (Å²) in [6.45, 7) is 0. The van der Waals surface area contributed by atoms with E-state index in [1.54, 1.807) is 38.5 Å². The molecule has 1 amide bonds. The Kier molecular flexibility index (Phi) is 5.89. The van der Waals surface area contributed by atoms with Crippen molar-refractivity contribution in [1.82, 2.24) is 0 Å². The van der Waals surface area contributed by atoms with Gasteiger partial charge in [-0.05, 0) is 18.2 Å². The van der Waals surface area contributed by atoms with Crippen LogP contribution in [0.25, 0.3) is 0 Å². The van der Waals surface area contributed by atoms with E-state index in [4.69, 9.17) is 18.9 Å². The predicted molar refractivity (Wildman–Crippen MR) is 91.4 cm³/mol. The van der Waals surface area contributed by atoms with Gasteiger partial charge in [-0.15, -0.1) is 0 Å². The lowest BCUT2D eigenvalue weighted by Gasteiger charge is -2.15. The van der Waals surface area contributed by atoms with Gasteiger partial charge >= 0.3 is 0 Å². The average Bonchev–Trinajstić information content (AvgIpc) is 2.61. The molecule has 0 bridgehead atoms. The third-order valence-electron chi connectivity index (χ3n) is 3.49. The molecule has 0 fully saturated rings. The molecule has 0 saturated carbocycles. The zero-order valence-electron chi connectivity index (χ0n) is 14.2. The number of amides is 1. The minimum Gasteiger partial charge on any atom is -0.497 e. The first-order valence-electron chi connectivity index (χ1n) is 7.34. The highest BCUT2D eigenvalue weighted by molar-refractivity contribution is 5.93. The molecule has 0 aliphatic carbocycles. The Hall–Kier alpha value is -2.89. The second kappa shape index (κ2) is 8.10. The molecule has 0 aliphatic heterocycles. The highest BCUT2D eigenvalue weighted by Crippen LogP contribution is 2.39. The third-order valence-corrected chi connectivity index (χ3v) is 3.49. The van der Waals surface area contributed by atoms with Crippen LogP contribution in [0.15, 0.2) is 36.4 Å². The highest BCUT2D eigenvalue weighted by atomic mass is 16.5. The van der Waals surface area contributed by atoms with E-state index in [0.29, 0.717) is 34.2 Å². The average molecular weight is 331 g/mol. The lowest BCUT2D eigenvalue weighted by atomic mass is 10.1. The molecule has 1 N–H and O–H groups in total. The van der Waals surface area contributed by atoms with Crippen molar-refractivity contribution in [3.8, 4) is 23.0 Å². The van der Waals surface area contributed by atoms with Crippen LogP contribution in [0.3, 0.4) is 0 Å². The van der Waals surface area contributed by atoms with Crippen LogP contribution in [-0.2, 0) is 11.2 Å². The Bertz CT molecular complexity index is 715. The zero-order chi connectivity index (χ0) is 17.5. The maximum Gasteiger partial charge on any atom is 0.228 e. The van der Waals surface area contributed by atoms with E-state index in [9.17, 15) is 4.79 Å². The van der Waals surface area contributed by atoms with Crippen LogP contribution in [0.5, 0.6) is 23.0 Å². The molecule has 0 aromatic heterocycles. The summed E-state index contributed by atoms with van der Waals surface area (Å²) in [4.78, 5) is 12.3. The van der Waals surface area contributed by atoms with Gasteiger partial charge < -0.3 is 24.3 Å². The fourth-order valence-corrected chi connectivity index (χ4v) is 2.38. The summed E-state index contributed by atoms with van der Waals surface area (Å²) in [7, 11) is 6.18. The molecule has 0 radical (unpaired) electrons. The van der Waals surface area contributed by atoms with Crippen molar-refractivity contribution in [2.45, 2.75) is 6.42 Å². The van der Waals surface area contributed by atoms with Gasteiger partial charge in [0.05, 0.1) is 34.9 Å². The highest BCUT2D eigenvalue weighted by Gasteiger charge is 2.17. The van der Waals surface area contributed by atoms with E-state index in [2.05, 4.69) is 5.32 Å². The third kappa shape index (κ3) is 3.90. The lowest BCUT2D eigenvalue weighted by molar-refractivity contribution is -0.115. The summed E-state index contributed by atoms with van der Waals surface area (Å²) >= 11 is 0. The summed E-state index contributed by atoms with van der Waals surface area (Å²) < 4.78 is 21.1. The molecular formula is C18H21NO5. The molecule has 6 heteroatoms. The molecule has 2 rings (SSSR count). The van der Waals surface area contributed by atoms with Crippen molar-refractivity contribution >= 4 is 11.6 Å². The second-order valence-electron chi connectivity index (χ2n) is 4.95. The van der Waals surface area contributed by atoms with Crippen LogP contribution in [0, 0.1) is 0 Å². The first-order chi connectivity index (χ1) is 11.6. The first-order valence-corrected chi connectivity index (χ1v) is 7.34. The Morgan fingerprint density at radius 1 is 0.917 bits per heavy atom. The van der Waals surface area contributed by atoms with Crippen LogP contribution in [-0.4, -0.2) is 34.3 Å². The molecule has 0 atom stereocenters. The van der Waals surface area contributed by atoms with Crippen LogP contribution < -0.4 is 24.3 Å². The molecule has 6 nitrogen and oxygen atoms in total. The fraction of sp³-hybridized carbons (Fsp3) is 0.278. The number of benzene rings is 2. The molecule has 24 heavy (non-hydrogen) atoms. The number of anilines is 1. The summed E-state index contributed by atoms with van der Waals surface area (Å²) in [5, 5.41) is 2.84. The van der Waals surface area contributed by atoms with Gasteiger partial charge in [-0.25, -0.2) is 0 Å². The van der Waals surface area contributed by atoms with Crippen molar-refractivity contribution in [1.29, 1.82) is 0 Å². The van der Waals surface area contributed by atoms with E-state index in [1.807, 2.05) is 12.1 Å². The molecule has 0 aliphatic rings. The van der Waals surface area contributed by atoms with E-state index in [0.717, 1.165) is 0 Å². The Balaban J connectivity index is 2.19. The summed E-state index contributed by atoms with van der Waals surface area (Å²) in [6, 6.07) is 10.7. The van der Waals surface area contributed by atoms with Gasteiger partial charge in [0.2, 0.25) is 11.7 Å². The quantitative estimate of drug-likeness (QED) is 0.845. The lowest BCUT2D eigenvalue weighted by Crippen LogP contribution is -2.15. The molecule has 0 saturated heterocycles. The number of methoxy groups -OCH3 is 4. The molecule has 0 heterocycles. The first kappa shape index (κ1) is 17.5. The van der Waals surface area contributed by atoms with Crippen molar-refractivity contribution in [2.75, 3.05) is 33.8 Å². The van der Waals surface area contributed by atoms with Crippen LogP contribution >= 0.6 is 0 Å². The number of hydrogen-bond acceptors (Lipinski definition) is 5. The largest absolute Gasteiger partial charge is 0.497 e. The maximum absolute atomic E-state index is 12.3. The normalized spacial score (nSPS) is 10.0.